The predicted molar refractivity (Wildman–Crippen MR) is 55.6 cm³/mol. The van der Waals surface area contributed by atoms with E-state index >= 15 is 0 Å². The Hall–Kier alpha value is -1.22. The van der Waals surface area contributed by atoms with Crippen LogP contribution in [0.15, 0.2) is 6.20 Å². The summed E-state index contributed by atoms with van der Waals surface area (Å²) < 4.78 is 5.29. The molecule has 2 heterocycles. The van der Waals surface area contributed by atoms with Crippen LogP contribution in [0.25, 0.3) is 0 Å². The number of hydrogen-bond acceptors (Lipinski definition) is 6. The first-order valence-corrected chi connectivity index (χ1v) is 5.26. The maximum absolute atomic E-state index is 10.4. The molecule has 0 amide bonds. The maximum Gasteiger partial charge on any atom is 0.432 e. The van der Waals surface area contributed by atoms with Gasteiger partial charge in [-0.15, -0.1) is 11.6 Å². The van der Waals surface area contributed by atoms with Gasteiger partial charge >= 0.3 is 5.95 Å². The van der Waals surface area contributed by atoms with Crippen LogP contribution < -0.4 is 0 Å². The molecule has 3 N–H and O–H groups in total. The van der Waals surface area contributed by atoms with Crippen LogP contribution in [0.5, 0.6) is 0 Å². The second-order valence-corrected chi connectivity index (χ2v) is 4.14. The number of H-pyrrole nitrogens is 1. The number of halogens is 1. The second kappa shape index (κ2) is 4.57. The molecule has 1 saturated heterocycles. The third-order valence-corrected chi connectivity index (χ3v) is 3.09. The molecule has 94 valence electrons. The zero-order valence-corrected chi connectivity index (χ0v) is 9.24. The molecular formula is C8H10ClN3O5. The van der Waals surface area contributed by atoms with Crippen molar-refractivity contribution in [2.75, 3.05) is 6.61 Å². The minimum absolute atomic E-state index is 0.255. The van der Waals surface area contributed by atoms with Crippen LogP contribution in [0.3, 0.4) is 0 Å². The summed E-state index contributed by atoms with van der Waals surface area (Å²) >= 11 is 5.84. The molecule has 0 spiro atoms. The zero-order chi connectivity index (χ0) is 12.6. The molecule has 4 atom stereocenters. The minimum atomic E-state index is -1.06. The van der Waals surface area contributed by atoms with E-state index in [9.17, 15) is 15.2 Å². The van der Waals surface area contributed by atoms with E-state index in [0.29, 0.717) is 0 Å². The lowest BCUT2D eigenvalue weighted by Crippen LogP contribution is -2.27. The molecule has 1 aliphatic heterocycles. The number of rotatable bonds is 3. The van der Waals surface area contributed by atoms with Crippen molar-refractivity contribution >= 4 is 17.5 Å². The van der Waals surface area contributed by atoms with Gasteiger partial charge in [-0.1, -0.05) is 4.98 Å². The highest BCUT2D eigenvalue weighted by Crippen LogP contribution is 2.35. The Kier molecular flexibility index (Phi) is 3.29. The number of aliphatic hydroxyl groups excluding tert-OH is 2. The fraction of sp³-hybridized carbons (Fsp3) is 0.625. The van der Waals surface area contributed by atoms with E-state index < -0.39 is 34.6 Å². The van der Waals surface area contributed by atoms with Crippen molar-refractivity contribution in [2.24, 2.45) is 0 Å². The first kappa shape index (κ1) is 12.2. The molecule has 1 fully saturated rings. The smallest absolute Gasteiger partial charge is 0.394 e. The van der Waals surface area contributed by atoms with E-state index in [2.05, 4.69) is 9.97 Å². The first-order valence-electron chi connectivity index (χ1n) is 4.82. The van der Waals surface area contributed by atoms with Gasteiger partial charge < -0.3 is 25.1 Å². The average molecular weight is 264 g/mol. The van der Waals surface area contributed by atoms with Crippen molar-refractivity contribution in [3.8, 4) is 0 Å². The number of nitro groups is 1. The SMILES string of the molecule is O=[N+]([O-])c1ncc([C@@H]2O[C@H](CO)[C@@H](Cl)[C@H]2O)[nH]1. The summed E-state index contributed by atoms with van der Waals surface area (Å²) in [6.45, 7) is -0.335. The summed E-state index contributed by atoms with van der Waals surface area (Å²) in [5.41, 5.74) is 0.255. The topological polar surface area (TPSA) is 122 Å². The average Bonchev–Trinajstić information content (AvgIpc) is 2.87. The van der Waals surface area contributed by atoms with Crippen LogP contribution in [0.1, 0.15) is 11.8 Å². The Bertz CT molecular complexity index is 425. The zero-order valence-electron chi connectivity index (χ0n) is 8.49. The number of aromatic nitrogens is 2. The highest BCUT2D eigenvalue weighted by Gasteiger charge is 2.45. The second-order valence-electron chi connectivity index (χ2n) is 3.63. The van der Waals surface area contributed by atoms with E-state index in [-0.39, 0.29) is 12.3 Å². The summed E-state index contributed by atoms with van der Waals surface area (Å²) in [5.74, 6) is -0.436. The van der Waals surface area contributed by atoms with Gasteiger partial charge in [-0.05, 0) is 4.92 Å². The maximum atomic E-state index is 10.4. The van der Waals surface area contributed by atoms with Crippen LogP contribution >= 0.6 is 11.6 Å². The summed E-state index contributed by atoms with van der Waals surface area (Å²) in [4.78, 5) is 15.7. The van der Waals surface area contributed by atoms with Gasteiger partial charge in [-0.2, -0.15) is 0 Å². The summed E-state index contributed by atoms with van der Waals surface area (Å²) in [6.07, 6.45) is -1.42. The summed E-state index contributed by atoms with van der Waals surface area (Å²) in [7, 11) is 0. The van der Waals surface area contributed by atoms with Gasteiger partial charge in [0.15, 0.2) is 0 Å². The molecule has 8 nitrogen and oxygen atoms in total. The number of alkyl halides is 1. The summed E-state index contributed by atoms with van der Waals surface area (Å²) in [6, 6.07) is 0. The molecule has 1 aromatic rings. The van der Waals surface area contributed by atoms with Crippen molar-refractivity contribution in [3.63, 3.8) is 0 Å². The van der Waals surface area contributed by atoms with Crippen molar-refractivity contribution in [1.82, 2.24) is 9.97 Å². The van der Waals surface area contributed by atoms with Crippen molar-refractivity contribution < 1.29 is 19.9 Å². The Morgan fingerprint density at radius 1 is 1.71 bits per heavy atom. The molecule has 0 unspecified atom stereocenters. The van der Waals surface area contributed by atoms with E-state index in [4.69, 9.17) is 21.4 Å². The van der Waals surface area contributed by atoms with Crippen molar-refractivity contribution in [3.05, 3.63) is 22.0 Å². The van der Waals surface area contributed by atoms with Crippen LogP contribution in [0, 0.1) is 10.1 Å². The van der Waals surface area contributed by atoms with Gasteiger partial charge in [0, 0.05) is 0 Å². The Balaban J connectivity index is 2.19. The number of imidazole rings is 1. The third-order valence-electron chi connectivity index (χ3n) is 2.55. The highest BCUT2D eigenvalue weighted by molar-refractivity contribution is 6.21. The van der Waals surface area contributed by atoms with E-state index in [0.717, 1.165) is 0 Å². The molecule has 0 aliphatic carbocycles. The first-order chi connectivity index (χ1) is 8.04. The largest absolute Gasteiger partial charge is 0.432 e. The van der Waals surface area contributed by atoms with Crippen LogP contribution in [-0.2, 0) is 4.74 Å². The van der Waals surface area contributed by atoms with Gasteiger partial charge in [0.05, 0.1) is 12.0 Å². The number of ether oxygens (including phenoxy) is 1. The van der Waals surface area contributed by atoms with E-state index in [1.807, 2.05) is 0 Å². The van der Waals surface area contributed by atoms with Crippen LogP contribution in [-0.4, -0.2) is 49.3 Å². The number of nitrogens with zero attached hydrogens (tertiary/aromatic N) is 2. The third kappa shape index (κ3) is 2.12. The molecule has 1 aliphatic rings. The quantitative estimate of drug-likeness (QED) is 0.392. The Morgan fingerprint density at radius 3 is 2.88 bits per heavy atom. The molecule has 0 aromatic carbocycles. The normalized spacial score (nSPS) is 32.9. The fourth-order valence-corrected chi connectivity index (χ4v) is 1.96. The standard InChI is InChI=1S/C8H10ClN3O5/c9-5-4(2-13)17-7(6(5)14)3-1-10-8(11-3)12(15)16/h1,4-7,13-14H,2H2,(H,10,11)/t4-,5-,6-,7+/m1/s1. The van der Waals surface area contributed by atoms with E-state index in [1.54, 1.807) is 0 Å². The van der Waals surface area contributed by atoms with Crippen molar-refractivity contribution in [1.29, 1.82) is 0 Å². The molecule has 1 aromatic heterocycles. The monoisotopic (exact) mass is 263 g/mol. The number of nitrogens with one attached hydrogen (secondary N) is 1. The molecule has 9 heteroatoms. The minimum Gasteiger partial charge on any atom is -0.394 e. The van der Waals surface area contributed by atoms with E-state index in [1.165, 1.54) is 6.20 Å². The molecule has 2 rings (SSSR count). The lowest BCUT2D eigenvalue weighted by Gasteiger charge is -2.09. The van der Waals surface area contributed by atoms with Crippen molar-refractivity contribution in [2.45, 2.75) is 23.7 Å². The molecular weight excluding hydrogens is 254 g/mol. The Morgan fingerprint density at radius 2 is 2.41 bits per heavy atom. The molecule has 0 bridgehead atoms. The van der Waals surface area contributed by atoms with Gasteiger partial charge in [0.1, 0.15) is 30.2 Å². The fourth-order valence-electron chi connectivity index (χ4n) is 1.69. The molecule has 0 radical (unpaired) electrons. The molecule has 0 saturated carbocycles. The Labute approximate surface area is 100 Å². The number of aromatic amines is 1. The van der Waals surface area contributed by atoms with Gasteiger partial charge in [0.2, 0.25) is 0 Å². The van der Waals surface area contributed by atoms with Crippen LogP contribution in [0.2, 0.25) is 0 Å². The predicted octanol–water partition coefficient (Wildman–Crippen LogP) is -0.282. The van der Waals surface area contributed by atoms with Gasteiger partial charge in [-0.25, -0.2) is 4.98 Å². The number of aliphatic hydroxyl groups is 2. The van der Waals surface area contributed by atoms with Gasteiger partial charge in [-0.3, -0.25) is 0 Å². The number of hydrogen-bond donors (Lipinski definition) is 3. The molecule has 17 heavy (non-hydrogen) atoms. The lowest BCUT2D eigenvalue weighted by atomic mass is 10.1. The lowest BCUT2D eigenvalue weighted by molar-refractivity contribution is -0.393. The summed E-state index contributed by atoms with van der Waals surface area (Å²) in [5, 5.41) is 28.4. The highest BCUT2D eigenvalue weighted by atomic mass is 35.5. The van der Waals surface area contributed by atoms with Gasteiger partial charge in [0.25, 0.3) is 0 Å². The van der Waals surface area contributed by atoms with Crippen LogP contribution in [0.4, 0.5) is 5.95 Å².